The molecule has 0 bridgehead atoms. The Bertz CT molecular complexity index is 527. The van der Waals surface area contributed by atoms with Crippen LogP contribution in [-0.4, -0.2) is 5.11 Å². The fourth-order valence-electron chi connectivity index (χ4n) is 1.44. The van der Waals surface area contributed by atoms with E-state index >= 15 is 0 Å². The summed E-state index contributed by atoms with van der Waals surface area (Å²) in [6.07, 6.45) is 0. The molecule has 2 aromatic rings. The van der Waals surface area contributed by atoms with Crippen molar-refractivity contribution < 1.29 is 18.6 Å². The van der Waals surface area contributed by atoms with Crippen LogP contribution in [-0.2, 0) is 6.61 Å². The average molecular weight is 236 g/mol. The van der Waals surface area contributed by atoms with Gasteiger partial charge >= 0.3 is 0 Å². The number of aliphatic hydroxyl groups is 1. The minimum absolute atomic E-state index is 0.0828. The monoisotopic (exact) mass is 236 g/mol. The van der Waals surface area contributed by atoms with Crippen LogP contribution in [0.15, 0.2) is 42.5 Å². The second-order valence-electron chi connectivity index (χ2n) is 3.45. The first-order valence-electron chi connectivity index (χ1n) is 5.02. The predicted octanol–water partition coefficient (Wildman–Crippen LogP) is 3.25. The molecule has 0 fully saturated rings. The number of hydrogen-bond donors (Lipinski definition) is 1. The molecular weight excluding hydrogens is 226 g/mol. The van der Waals surface area contributed by atoms with Gasteiger partial charge < -0.3 is 9.84 Å². The van der Waals surface area contributed by atoms with Crippen molar-refractivity contribution >= 4 is 0 Å². The van der Waals surface area contributed by atoms with E-state index in [4.69, 9.17) is 9.84 Å². The third kappa shape index (κ3) is 2.60. The molecule has 0 aliphatic carbocycles. The van der Waals surface area contributed by atoms with E-state index in [1.165, 1.54) is 36.4 Å². The SMILES string of the molecule is OCc1cccc(F)c1Oc1cccc(F)c1. The Morgan fingerprint density at radius 1 is 1.06 bits per heavy atom. The van der Waals surface area contributed by atoms with Gasteiger partial charge in [0.15, 0.2) is 11.6 Å². The summed E-state index contributed by atoms with van der Waals surface area (Å²) < 4.78 is 31.7. The smallest absolute Gasteiger partial charge is 0.168 e. The molecule has 2 rings (SSSR count). The van der Waals surface area contributed by atoms with E-state index < -0.39 is 11.6 Å². The number of benzene rings is 2. The lowest BCUT2D eigenvalue weighted by Crippen LogP contribution is -1.95. The number of aliphatic hydroxyl groups excluding tert-OH is 1. The summed E-state index contributed by atoms with van der Waals surface area (Å²) in [5.41, 5.74) is 0.314. The molecule has 17 heavy (non-hydrogen) atoms. The molecule has 0 unspecified atom stereocenters. The fraction of sp³-hybridized carbons (Fsp3) is 0.0769. The maximum atomic E-state index is 13.5. The van der Waals surface area contributed by atoms with E-state index in [1.807, 2.05) is 0 Å². The summed E-state index contributed by atoms with van der Waals surface area (Å²) in [6.45, 7) is -0.345. The van der Waals surface area contributed by atoms with E-state index in [-0.39, 0.29) is 18.1 Å². The molecule has 0 atom stereocenters. The zero-order valence-electron chi connectivity index (χ0n) is 8.86. The average Bonchev–Trinajstić information content (AvgIpc) is 2.32. The maximum absolute atomic E-state index is 13.5. The van der Waals surface area contributed by atoms with Crippen molar-refractivity contribution in [2.45, 2.75) is 6.61 Å². The Hall–Kier alpha value is -1.94. The van der Waals surface area contributed by atoms with E-state index in [0.29, 0.717) is 5.56 Å². The standard InChI is InChI=1S/C13H10F2O2/c14-10-4-2-5-11(7-10)17-13-9(8-16)3-1-6-12(13)15/h1-7,16H,8H2. The number of halogens is 2. The molecule has 2 aromatic carbocycles. The van der Waals surface area contributed by atoms with Crippen LogP contribution in [0, 0.1) is 11.6 Å². The zero-order valence-corrected chi connectivity index (χ0v) is 8.86. The van der Waals surface area contributed by atoms with Gasteiger partial charge in [-0.15, -0.1) is 0 Å². The van der Waals surface area contributed by atoms with Crippen LogP contribution >= 0.6 is 0 Å². The normalized spacial score (nSPS) is 10.3. The van der Waals surface area contributed by atoms with E-state index in [2.05, 4.69) is 0 Å². The fourth-order valence-corrected chi connectivity index (χ4v) is 1.44. The van der Waals surface area contributed by atoms with Crippen LogP contribution in [0.2, 0.25) is 0 Å². The van der Waals surface area contributed by atoms with Gasteiger partial charge in [0.25, 0.3) is 0 Å². The highest BCUT2D eigenvalue weighted by Gasteiger charge is 2.10. The second-order valence-corrected chi connectivity index (χ2v) is 3.45. The molecule has 0 radical (unpaired) electrons. The number of rotatable bonds is 3. The number of para-hydroxylation sites is 1. The molecular formula is C13H10F2O2. The second kappa shape index (κ2) is 4.93. The lowest BCUT2D eigenvalue weighted by atomic mass is 10.2. The lowest BCUT2D eigenvalue weighted by Gasteiger charge is -2.10. The Morgan fingerprint density at radius 2 is 1.82 bits per heavy atom. The minimum Gasteiger partial charge on any atom is -0.454 e. The summed E-state index contributed by atoms with van der Waals surface area (Å²) in [5, 5.41) is 9.05. The van der Waals surface area contributed by atoms with Crippen molar-refractivity contribution in [3.05, 3.63) is 59.7 Å². The predicted molar refractivity (Wildman–Crippen MR) is 58.8 cm³/mol. The third-order valence-corrected chi connectivity index (χ3v) is 2.23. The van der Waals surface area contributed by atoms with Gasteiger partial charge in [-0.2, -0.15) is 0 Å². The van der Waals surface area contributed by atoms with Gasteiger partial charge in [0, 0.05) is 11.6 Å². The molecule has 2 nitrogen and oxygen atoms in total. The van der Waals surface area contributed by atoms with E-state index in [9.17, 15) is 8.78 Å². The van der Waals surface area contributed by atoms with Crippen LogP contribution < -0.4 is 4.74 Å². The topological polar surface area (TPSA) is 29.5 Å². The molecule has 0 saturated heterocycles. The van der Waals surface area contributed by atoms with Crippen molar-refractivity contribution in [1.29, 1.82) is 0 Å². The molecule has 4 heteroatoms. The summed E-state index contributed by atoms with van der Waals surface area (Å²) in [7, 11) is 0. The number of ether oxygens (including phenoxy) is 1. The van der Waals surface area contributed by atoms with Gasteiger partial charge in [-0.05, 0) is 18.2 Å². The van der Waals surface area contributed by atoms with E-state index in [1.54, 1.807) is 0 Å². The quantitative estimate of drug-likeness (QED) is 0.886. The van der Waals surface area contributed by atoms with Crippen LogP contribution in [0.25, 0.3) is 0 Å². The highest BCUT2D eigenvalue weighted by atomic mass is 19.1. The molecule has 0 aromatic heterocycles. The van der Waals surface area contributed by atoms with Crippen LogP contribution in [0.4, 0.5) is 8.78 Å². The van der Waals surface area contributed by atoms with Crippen molar-refractivity contribution in [2.75, 3.05) is 0 Å². The van der Waals surface area contributed by atoms with Gasteiger partial charge in [-0.1, -0.05) is 18.2 Å². The van der Waals surface area contributed by atoms with Gasteiger partial charge in [-0.3, -0.25) is 0 Å². The summed E-state index contributed by atoms with van der Waals surface area (Å²) in [4.78, 5) is 0. The Balaban J connectivity index is 2.35. The highest BCUT2D eigenvalue weighted by molar-refractivity contribution is 5.38. The van der Waals surface area contributed by atoms with Crippen LogP contribution in [0.3, 0.4) is 0 Å². The molecule has 0 saturated carbocycles. The van der Waals surface area contributed by atoms with E-state index in [0.717, 1.165) is 6.07 Å². The lowest BCUT2D eigenvalue weighted by molar-refractivity contribution is 0.274. The van der Waals surface area contributed by atoms with Crippen molar-refractivity contribution in [3.63, 3.8) is 0 Å². The maximum Gasteiger partial charge on any atom is 0.168 e. The highest BCUT2D eigenvalue weighted by Crippen LogP contribution is 2.28. The summed E-state index contributed by atoms with van der Waals surface area (Å²) in [6, 6.07) is 9.61. The van der Waals surface area contributed by atoms with Crippen LogP contribution in [0.5, 0.6) is 11.5 Å². The Labute approximate surface area is 97.1 Å². The van der Waals surface area contributed by atoms with Gasteiger partial charge in [0.1, 0.15) is 11.6 Å². The van der Waals surface area contributed by atoms with Crippen molar-refractivity contribution in [3.8, 4) is 11.5 Å². The Morgan fingerprint density at radius 3 is 2.53 bits per heavy atom. The van der Waals surface area contributed by atoms with Crippen molar-refractivity contribution in [1.82, 2.24) is 0 Å². The number of hydrogen-bond acceptors (Lipinski definition) is 2. The minimum atomic E-state index is -0.596. The molecule has 1 N–H and O–H groups in total. The largest absolute Gasteiger partial charge is 0.454 e. The van der Waals surface area contributed by atoms with Gasteiger partial charge in [-0.25, -0.2) is 8.78 Å². The van der Waals surface area contributed by atoms with Crippen molar-refractivity contribution in [2.24, 2.45) is 0 Å². The first-order valence-corrected chi connectivity index (χ1v) is 5.02. The summed E-state index contributed by atoms with van der Waals surface area (Å²) in [5.74, 6) is -0.962. The molecule has 0 aliphatic heterocycles. The zero-order chi connectivity index (χ0) is 12.3. The molecule has 88 valence electrons. The molecule has 0 heterocycles. The first-order chi connectivity index (χ1) is 8.20. The molecule has 0 amide bonds. The molecule has 0 spiro atoms. The Kier molecular flexibility index (Phi) is 3.35. The summed E-state index contributed by atoms with van der Waals surface area (Å²) >= 11 is 0. The molecule has 0 aliphatic rings. The first kappa shape index (κ1) is 11.5. The third-order valence-electron chi connectivity index (χ3n) is 2.23. The van der Waals surface area contributed by atoms with Gasteiger partial charge in [0.05, 0.1) is 6.61 Å². The van der Waals surface area contributed by atoms with Gasteiger partial charge in [0.2, 0.25) is 0 Å². The van der Waals surface area contributed by atoms with Crippen LogP contribution in [0.1, 0.15) is 5.56 Å².